The summed E-state index contributed by atoms with van der Waals surface area (Å²) >= 11 is 0. The van der Waals surface area contributed by atoms with E-state index in [9.17, 15) is 32.3 Å². The summed E-state index contributed by atoms with van der Waals surface area (Å²) in [5.74, 6) is -3.19. The minimum Gasteiger partial charge on any atom is -0.388 e. The zero-order valence-corrected chi connectivity index (χ0v) is 13.8. The summed E-state index contributed by atoms with van der Waals surface area (Å²) in [6, 6.07) is 3.80. The molecule has 2 aliphatic rings. The van der Waals surface area contributed by atoms with Crippen molar-refractivity contribution in [1.82, 2.24) is 4.90 Å². The Bertz CT molecular complexity index is 714. The van der Waals surface area contributed by atoms with Gasteiger partial charge in [0.15, 0.2) is 0 Å². The Morgan fingerprint density at radius 2 is 1.73 bits per heavy atom. The lowest BCUT2D eigenvalue weighted by atomic mass is 9.92. The topological polar surface area (TPSA) is 60.9 Å². The number of rotatable bonds is 1. The molecule has 26 heavy (non-hydrogen) atoms. The van der Waals surface area contributed by atoms with E-state index < -0.39 is 29.9 Å². The highest BCUT2D eigenvalue weighted by Gasteiger charge is 2.44. The lowest BCUT2D eigenvalue weighted by Gasteiger charge is -2.37. The maximum Gasteiger partial charge on any atom is 0.471 e. The smallest absolute Gasteiger partial charge is 0.388 e. The van der Waals surface area contributed by atoms with Crippen molar-refractivity contribution < 1.29 is 32.3 Å². The highest BCUT2D eigenvalue weighted by Crippen LogP contribution is 2.36. The van der Waals surface area contributed by atoms with E-state index in [0.717, 1.165) is 0 Å². The van der Waals surface area contributed by atoms with Gasteiger partial charge in [-0.3, -0.25) is 9.59 Å². The maximum atomic E-state index is 13.4. The molecule has 0 aliphatic carbocycles. The normalized spacial score (nSPS) is 21.5. The number of aliphatic hydroxyl groups is 1. The summed E-state index contributed by atoms with van der Waals surface area (Å²) in [5.41, 5.74) is 0.748. The van der Waals surface area contributed by atoms with Gasteiger partial charge in [-0.2, -0.15) is 13.2 Å². The Balaban J connectivity index is 1.70. The molecule has 0 saturated carbocycles. The van der Waals surface area contributed by atoms with Crippen LogP contribution in [0.2, 0.25) is 0 Å². The summed E-state index contributed by atoms with van der Waals surface area (Å²) in [7, 11) is 0. The van der Waals surface area contributed by atoms with Crippen molar-refractivity contribution in [2.45, 2.75) is 31.5 Å². The predicted molar refractivity (Wildman–Crippen MR) is 83.7 cm³/mol. The monoisotopic (exact) mass is 374 g/mol. The molecule has 2 heterocycles. The van der Waals surface area contributed by atoms with E-state index in [1.54, 1.807) is 0 Å². The Labute approximate surface area is 147 Å². The number of likely N-dealkylation sites (tertiary alicyclic amines) is 1. The molecule has 9 heteroatoms. The van der Waals surface area contributed by atoms with Gasteiger partial charge in [0, 0.05) is 36.8 Å². The van der Waals surface area contributed by atoms with Crippen LogP contribution in [0.1, 0.15) is 30.9 Å². The maximum absolute atomic E-state index is 13.4. The highest BCUT2D eigenvalue weighted by atomic mass is 19.4. The molecule has 0 bridgehead atoms. The van der Waals surface area contributed by atoms with Gasteiger partial charge in [-0.05, 0) is 37.5 Å². The van der Waals surface area contributed by atoms with E-state index in [2.05, 4.69) is 0 Å². The van der Waals surface area contributed by atoms with Crippen LogP contribution in [0.15, 0.2) is 18.2 Å². The lowest BCUT2D eigenvalue weighted by Crippen LogP contribution is -2.49. The molecule has 2 amide bonds. The third-order valence-corrected chi connectivity index (χ3v) is 4.91. The van der Waals surface area contributed by atoms with Crippen molar-refractivity contribution in [3.8, 4) is 0 Å². The van der Waals surface area contributed by atoms with Crippen LogP contribution in [0.5, 0.6) is 0 Å². The number of hydrogen-bond donors (Lipinski definition) is 1. The molecule has 0 radical (unpaired) electrons. The number of anilines is 1. The molecule has 0 aromatic heterocycles. The van der Waals surface area contributed by atoms with Crippen LogP contribution >= 0.6 is 0 Å². The number of halogens is 4. The van der Waals surface area contributed by atoms with Crippen molar-refractivity contribution in [3.63, 3.8) is 0 Å². The number of piperidine rings is 1. The van der Waals surface area contributed by atoms with Crippen LogP contribution < -0.4 is 4.90 Å². The predicted octanol–water partition coefficient (Wildman–Crippen LogP) is 2.40. The fourth-order valence-electron chi connectivity index (χ4n) is 3.52. The number of carbonyl (C=O) groups is 2. The molecule has 1 atom stereocenters. The van der Waals surface area contributed by atoms with Gasteiger partial charge in [0.1, 0.15) is 5.82 Å². The van der Waals surface area contributed by atoms with Crippen LogP contribution in [0, 0.1) is 11.7 Å². The molecule has 142 valence electrons. The summed E-state index contributed by atoms with van der Waals surface area (Å²) in [5, 5.41) is 10.0. The second-order valence-corrected chi connectivity index (χ2v) is 6.56. The van der Waals surface area contributed by atoms with Crippen molar-refractivity contribution in [2.24, 2.45) is 5.92 Å². The highest BCUT2D eigenvalue weighted by molar-refractivity contribution is 5.96. The molecular weight excluding hydrogens is 356 g/mol. The van der Waals surface area contributed by atoms with Gasteiger partial charge >= 0.3 is 12.1 Å². The number of aliphatic hydroxyl groups excluding tert-OH is 1. The van der Waals surface area contributed by atoms with E-state index in [1.165, 1.54) is 23.1 Å². The molecule has 5 nitrogen and oxygen atoms in total. The first kappa shape index (κ1) is 18.6. The quantitative estimate of drug-likeness (QED) is 0.768. The largest absolute Gasteiger partial charge is 0.471 e. The summed E-state index contributed by atoms with van der Waals surface area (Å²) in [6.45, 7) is -0.0245. The molecule has 2 aliphatic heterocycles. The Morgan fingerprint density at radius 3 is 2.35 bits per heavy atom. The van der Waals surface area contributed by atoms with Gasteiger partial charge < -0.3 is 14.9 Å². The van der Waals surface area contributed by atoms with Crippen molar-refractivity contribution in [2.75, 3.05) is 24.5 Å². The SMILES string of the molecule is O=C(C1CCN(C(=O)C(F)(F)F)CC1)N1CCC(O)c2cc(F)ccc21. The van der Waals surface area contributed by atoms with E-state index >= 15 is 0 Å². The van der Waals surface area contributed by atoms with Crippen LogP contribution in [0.25, 0.3) is 0 Å². The molecule has 1 aromatic rings. The number of nitrogens with zero attached hydrogens (tertiary/aromatic N) is 2. The van der Waals surface area contributed by atoms with Gasteiger partial charge in [-0.25, -0.2) is 4.39 Å². The van der Waals surface area contributed by atoms with Gasteiger partial charge in [0.05, 0.1) is 6.10 Å². The molecule has 1 saturated heterocycles. The molecule has 1 fully saturated rings. The van der Waals surface area contributed by atoms with Crippen molar-refractivity contribution >= 4 is 17.5 Å². The third kappa shape index (κ3) is 3.53. The number of amides is 2. The Morgan fingerprint density at radius 1 is 1.08 bits per heavy atom. The Kier molecular flexibility index (Phi) is 4.92. The van der Waals surface area contributed by atoms with Crippen molar-refractivity contribution in [3.05, 3.63) is 29.6 Å². The summed E-state index contributed by atoms with van der Waals surface area (Å²) in [6.07, 6.45) is -5.25. The van der Waals surface area contributed by atoms with Gasteiger partial charge in [0.2, 0.25) is 5.91 Å². The average molecular weight is 374 g/mol. The first-order valence-corrected chi connectivity index (χ1v) is 8.33. The van der Waals surface area contributed by atoms with E-state index in [4.69, 9.17) is 0 Å². The molecule has 0 spiro atoms. The summed E-state index contributed by atoms with van der Waals surface area (Å²) < 4.78 is 50.9. The molecular formula is C17H18F4N2O3. The van der Waals surface area contributed by atoms with E-state index in [-0.39, 0.29) is 44.8 Å². The number of alkyl halides is 3. The molecule has 1 aromatic carbocycles. The van der Waals surface area contributed by atoms with E-state index in [0.29, 0.717) is 16.2 Å². The number of fused-ring (bicyclic) bond motifs is 1. The van der Waals surface area contributed by atoms with Crippen LogP contribution in [0.4, 0.5) is 23.2 Å². The lowest BCUT2D eigenvalue weighted by molar-refractivity contribution is -0.186. The second kappa shape index (κ2) is 6.86. The zero-order valence-electron chi connectivity index (χ0n) is 13.8. The molecule has 1 unspecified atom stereocenters. The fraction of sp³-hybridized carbons (Fsp3) is 0.529. The van der Waals surface area contributed by atoms with Crippen molar-refractivity contribution in [1.29, 1.82) is 0 Å². The van der Waals surface area contributed by atoms with Crippen LogP contribution in [-0.4, -0.2) is 47.6 Å². The zero-order chi connectivity index (χ0) is 19.1. The third-order valence-electron chi connectivity index (χ3n) is 4.91. The fourth-order valence-corrected chi connectivity index (χ4v) is 3.52. The minimum absolute atomic E-state index is 0.135. The number of hydrogen-bond acceptors (Lipinski definition) is 3. The standard InChI is InChI=1S/C17H18F4N2O3/c18-11-1-2-13-12(9-11)14(24)5-8-23(13)15(25)10-3-6-22(7-4-10)16(26)17(19,20)21/h1-2,9-10,14,24H,3-8H2. The summed E-state index contributed by atoms with van der Waals surface area (Å²) in [4.78, 5) is 26.2. The Hall–Kier alpha value is -2.16. The van der Waals surface area contributed by atoms with Gasteiger partial charge in [0.25, 0.3) is 0 Å². The first-order chi connectivity index (χ1) is 12.2. The van der Waals surface area contributed by atoms with Gasteiger partial charge in [-0.1, -0.05) is 0 Å². The molecule has 1 N–H and O–H groups in total. The first-order valence-electron chi connectivity index (χ1n) is 8.33. The second-order valence-electron chi connectivity index (χ2n) is 6.56. The minimum atomic E-state index is -4.91. The molecule has 3 rings (SSSR count). The van der Waals surface area contributed by atoms with Gasteiger partial charge in [-0.15, -0.1) is 0 Å². The van der Waals surface area contributed by atoms with Crippen LogP contribution in [0.3, 0.4) is 0 Å². The van der Waals surface area contributed by atoms with Crippen LogP contribution in [-0.2, 0) is 9.59 Å². The average Bonchev–Trinajstić information content (AvgIpc) is 2.60. The number of carbonyl (C=O) groups excluding carboxylic acids is 2. The van der Waals surface area contributed by atoms with E-state index in [1.807, 2.05) is 0 Å². The number of benzene rings is 1.